The van der Waals surface area contributed by atoms with Crippen LogP contribution in [-0.2, 0) is 13.1 Å². The number of halogens is 1. The van der Waals surface area contributed by atoms with Crippen molar-refractivity contribution in [2.45, 2.75) is 20.0 Å². The van der Waals surface area contributed by atoms with E-state index in [1.54, 1.807) is 7.11 Å². The maximum atomic E-state index is 5.50. The molecule has 0 atom stereocenters. The second-order valence-electron chi connectivity index (χ2n) is 4.50. The first-order valence-electron chi connectivity index (χ1n) is 6.88. The molecule has 0 heterocycles. The van der Waals surface area contributed by atoms with Crippen LogP contribution in [0.1, 0.15) is 18.1 Å². The zero-order valence-electron chi connectivity index (χ0n) is 12.5. The predicted molar refractivity (Wildman–Crippen MR) is 88.4 cm³/mol. The van der Waals surface area contributed by atoms with Crippen molar-refractivity contribution in [3.05, 3.63) is 59.7 Å². The Labute approximate surface area is 132 Å². The van der Waals surface area contributed by atoms with E-state index >= 15 is 0 Å². The summed E-state index contributed by atoms with van der Waals surface area (Å²) in [6.45, 7) is 4.27. The summed E-state index contributed by atoms with van der Waals surface area (Å²) >= 11 is 0. The normalized spacial score (nSPS) is 9.81. The predicted octanol–water partition coefficient (Wildman–Crippen LogP) is 3.81. The number of benzene rings is 2. The van der Waals surface area contributed by atoms with E-state index in [1.165, 1.54) is 5.56 Å². The Bertz CT molecular complexity index is 546. The lowest BCUT2D eigenvalue weighted by atomic mass is 10.2. The Morgan fingerprint density at radius 1 is 1.00 bits per heavy atom. The van der Waals surface area contributed by atoms with Gasteiger partial charge in [0.25, 0.3) is 0 Å². The lowest BCUT2D eigenvalue weighted by molar-refractivity contribution is 0.340. The summed E-state index contributed by atoms with van der Waals surface area (Å²) in [5, 5.41) is 3.43. The third-order valence-corrected chi connectivity index (χ3v) is 3.05. The molecule has 2 aromatic carbocycles. The van der Waals surface area contributed by atoms with Crippen LogP contribution < -0.4 is 14.8 Å². The molecule has 3 nitrogen and oxygen atoms in total. The topological polar surface area (TPSA) is 30.5 Å². The molecule has 4 heteroatoms. The second-order valence-corrected chi connectivity index (χ2v) is 4.50. The van der Waals surface area contributed by atoms with Crippen LogP contribution in [0.3, 0.4) is 0 Å². The van der Waals surface area contributed by atoms with E-state index in [1.807, 2.05) is 37.3 Å². The molecule has 0 bridgehead atoms. The van der Waals surface area contributed by atoms with Gasteiger partial charge in [-0.2, -0.15) is 0 Å². The van der Waals surface area contributed by atoms with Gasteiger partial charge in [0.2, 0.25) is 0 Å². The molecule has 0 unspecified atom stereocenters. The third-order valence-electron chi connectivity index (χ3n) is 3.05. The molecule has 114 valence electrons. The van der Waals surface area contributed by atoms with Gasteiger partial charge in [0.15, 0.2) is 0 Å². The fourth-order valence-corrected chi connectivity index (χ4v) is 2.10. The molecule has 0 saturated heterocycles. The molecule has 21 heavy (non-hydrogen) atoms. The molecule has 0 amide bonds. The van der Waals surface area contributed by atoms with Gasteiger partial charge < -0.3 is 14.8 Å². The molecule has 0 radical (unpaired) electrons. The first kappa shape index (κ1) is 17.3. The molecule has 0 aromatic heterocycles. The molecule has 0 aliphatic carbocycles. The van der Waals surface area contributed by atoms with Crippen molar-refractivity contribution < 1.29 is 9.47 Å². The van der Waals surface area contributed by atoms with Gasteiger partial charge in [0.1, 0.15) is 11.5 Å². The highest BCUT2D eigenvalue weighted by atomic mass is 35.5. The zero-order chi connectivity index (χ0) is 14.2. The SMILES string of the molecule is CCOc1cccc(CNCc2ccccc2OC)c1.Cl. The summed E-state index contributed by atoms with van der Waals surface area (Å²) in [5.74, 6) is 1.84. The first-order chi connectivity index (χ1) is 9.83. The smallest absolute Gasteiger partial charge is 0.123 e. The molecule has 1 N–H and O–H groups in total. The highest BCUT2D eigenvalue weighted by Gasteiger charge is 2.01. The van der Waals surface area contributed by atoms with Crippen LogP contribution in [0, 0.1) is 0 Å². The van der Waals surface area contributed by atoms with Crippen molar-refractivity contribution >= 4 is 12.4 Å². The van der Waals surface area contributed by atoms with Gasteiger partial charge in [0.05, 0.1) is 13.7 Å². The maximum Gasteiger partial charge on any atom is 0.123 e. The lowest BCUT2D eigenvalue weighted by Crippen LogP contribution is -2.13. The summed E-state index contributed by atoms with van der Waals surface area (Å²) in [6, 6.07) is 16.2. The highest BCUT2D eigenvalue weighted by molar-refractivity contribution is 5.85. The van der Waals surface area contributed by atoms with Gasteiger partial charge in [-0.25, -0.2) is 0 Å². The molecule has 0 fully saturated rings. The molecule has 2 aromatic rings. The monoisotopic (exact) mass is 307 g/mol. The van der Waals surface area contributed by atoms with Crippen LogP contribution in [0.4, 0.5) is 0 Å². The number of hydrogen-bond donors (Lipinski definition) is 1. The van der Waals surface area contributed by atoms with E-state index in [2.05, 4.69) is 23.5 Å². The van der Waals surface area contributed by atoms with Gasteiger partial charge in [-0.15, -0.1) is 12.4 Å². The van der Waals surface area contributed by atoms with E-state index in [9.17, 15) is 0 Å². The lowest BCUT2D eigenvalue weighted by Gasteiger charge is -2.10. The fraction of sp³-hybridized carbons (Fsp3) is 0.294. The molecule has 0 saturated carbocycles. The van der Waals surface area contributed by atoms with Crippen molar-refractivity contribution in [2.75, 3.05) is 13.7 Å². The first-order valence-corrected chi connectivity index (χ1v) is 6.88. The molecular formula is C17H22ClNO2. The van der Waals surface area contributed by atoms with Crippen LogP contribution in [0.2, 0.25) is 0 Å². The van der Waals surface area contributed by atoms with Crippen molar-refractivity contribution in [1.82, 2.24) is 5.32 Å². The molecule has 0 aliphatic rings. The Morgan fingerprint density at radius 2 is 1.81 bits per heavy atom. The average Bonchev–Trinajstić information content (AvgIpc) is 2.48. The minimum absolute atomic E-state index is 0. The maximum absolute atomic E-state index is 5.50. The van der Waals surface area contributed by atoms with Crippen LogP contribution in [0.15, 0.2) is 48.5 Å². The molecular weight excluding hydrogens is 286 g/mol. The van der Waals surface area contributed by atoms with Gasteiger partial charge in [-0.3, -0.25) is 0 Å². The zero-order valence-corrected chi connectivity index (χ0v) is 13.3. The number of rotatable bonds is 7. The average molecular weight is 308 g/mol. The fourth-order valence-electron chi connectivity index (χ4n) is 2.10. The summed E-state index contributed by atoms with van der Waals surface area (Å²) in [7, 11) is 1.70. The van der Waals surface area contributed by atoms with Crippen LogP contribution >= 0.6 is 12.4 Å². The van der Waals surface area contributed by atoms with E-state index in [0.717, 1.165) is 30.2 Å². The number of hydrogen-bond acceptors (Lipinski definition) is 3. The largest absolute Gasteiger partial charge is 0.496 e. The summed E-state index contributed by atoms with van der Waals surface area (Å²) in [5.41, 5.74) is 2.38. The molecule has 2 rings (SSSR count). The van der Waals surface area contributed by atoms with E-state index in [4.69, 9.17) is 9.47 Å². The van der Waals surface area contributed by atoms with Crippen LogP contribution in [0.5, 0.6) is 11.5 Å². The molecule has 0 spiro atoms. The Hall–Kier alpha value is -1.71. The minimum atomic E-state index is 0. The summed E-state index contributed by atoms with van der Waals surface area (Å²) < 4.78 is 10.8. The summed E-state index contributed by atoms with van der Waals surface area (Å²) in [4.78, 5) is 0. The number of para-hydroxylation sites is 1. The van der Waals surface area contributed by atoms with E-state index < -0.39 is 0 Å². The number of nitrogens with one attached hydrogen (secondary N) is 1. The molecule has 0 aliphatic heterocycles. The standard InChI is InChI=1S/C17H21NO2.ClH/c1-3-20-16-9-6-7-14(11-16)12-18-13-15-8-4-5-10-17(15)19-2;/h4-11,18H,3,12-13H2,1-2H3;1H. The van der Waals surface area contributed by atoms with Crippen molar-refractivity contribution in [3.63, 3.8) is 0 Å². The van der Waals surface area contributed by atoms with Crippen molar-refractivity contribution in [3.8, 4) is 11.5 Å². The van der Waals surface area contributed by atoms with E-state index in [0.29, 0.717) is 6.61 Å². The third kappa shape index (κ3) is 5.29. The van der Waals surface area contributed by atoms with Gasteiger partial charge in [-0.1, -0.05) is 30.3 Å². The van der Waals surface area contributed by atoms with Gasteiger partial charge in [0, 0.05) is 18.7 Å². The van der Waals surface area contributed by atoms with Crippen molar-refractivity contribution in [1.29, 1.82) is 0 Å². The minimum Gasteiger partial charge on any atom is -0.496 e. The number of ether oxygens (including phenoxy) is 2. The Morgan fingerprint density at radius 3 is 2.57 bits per heavy atom. The number of methoxy groups -OCH3 is 1. The second kappa shape index (κ2) is 9.27. The highest BCUT2D eigenvalue weighted by Crippen LogP contribution is 2.17. The summed E-state index contributed by atoms with van der Waals surface area (Å²) in [6.07, 6.45) is 0. The van der Waals surface area contributed by atoms with Crippen molar-refractivity contribution in [2.24, 2.45) is 0 Å². The Balaban J connectivity index is 0.00000220. The van der Waals surface area contributed by atoms with Crippen LogP contribution in [-0.4, -0.2) is 13.7 Å². The van der Waals surface area contributed by atoms with E-state index in [-0.39, 0.29) is 12.4 Å². The van der Waals surface area contributed by atoms with Gasteiger partial charge in [-0.05, 0) is 30.7 Å². The van der Waals surface area contributed by atoms with Gasteiger partial charge >= 0.3 is 0 Å². The Kier molecular flexibility index (Phi) is 7.65. The van der Waals surface area contributed by atoms with Crippen LogP contribution in [0.25, 0.3) is 0 Å². The quantitative estimate of drug-likeness (QED) is 0.844.